The van der Waals surface area contributed by atoms with Crippen LogP contribution in [-0.4, -0.2) is 37.6 Å². The lowest BCUT2D eigenvalue weighted by Gasteiger charge is -2.16. The van der Waals surface area contributed by atoms with E-state index in [-0.39, 0.29) is 5.91 Å². The highest BCUT2D eigenvalue weighted by Gasteiger charge is 2.16. The van der Waals surface area contributed by atoms with Gasteiger partial charge in [0, 0.05) is 19.3 Å². The van der Waals surface area contributed by atoms with Crippen LogP contribution in [0.4, 0.5) is 0 Å². The molecular formula is C17H19N5O. The smallest absolute Gasteiger partial charge is 0.270 e. The van der Waals surface area contributed by atoms with Crippen molar-refractivity contribution in [2.45, 2.75) is 20.0 Å². The van der Waals surface area contributed by atoms with Gasteiger partial charge in [0.05, 0.1) is 6.54 Å². The second kappa shape index (κ2) is 6.48. The summed E-state index contributed by atoms with van der Waals surface area (Å²) in [5, 5.41) is 7.95. The third-order valence-electron chi connectivity index (χ3n) is 3.76. The zero-order valence-electron chi connectivity index (χ0n) is 13.2. The Hall–Kier alpha value is -2.89. The van der Waals surface area contributed by atoms with Gasteiger partial charge >= 0.3 is 0 Å². The molecule has 0 atom stereocenters. The van der Waals surface area contributed by atoms with Crippen molar-refractivity contribution in [2.75, 3.05) is 7.05 Å². The van der Waals surface area contributed by atoms with Crippen molar-refractivity contribution in [3.63, 3.8) is 0 Å². The molecule has 6 heteroatoms. The van der Waals surface area contributed by atoms with Crippen molar-refractivity contribution >= 4 is 5.91 Å². The molecule has 0 aliphatic rings. The van der Waals surface area contributed by atoms with E-state index in [9.17, 15) is 4.79 Å². The van der Waals surface area contributed by atoms with Crippen molar-refractivity contribution in [1.29, 1.82) is 0 Å². The van der Waals surface area contributed by atoms with Crippen LogP contribution in [0.2, 0.25) is 0 Å². The summed E-state index contributed by atoms with van der Waals surface area (Å²) in [6.45, 7) is 3.23. The Morgan fingerprint density at radius 3 is 2.74 bits per heavy atom. The molecule has 0 aliphatic carbocycles. The van der Waals surface area contributed by atoms with Gasteiger partial charge in [0.25, 0.3) is 5.91 Å². The van der Waals surface area contributed by atoms with Crippen LogP contribution < -0.4 is 0 Å². The Kier molecular flexibility index (Phi) is 4.23. The van der Waals surface area contributed by atoms with Crippen LogP contribution >= 0.6 is 0 Å². The number of nitrogens with zero attached hydrogens (tertiary/aromatic N) is 4. The number of aromatic amines is 1. The maximum Gasteiger partial charge on any atom is 0.270 e. The molecule has 0 spiro atoms. The minimum atomic E-state index is -0.0714. The zero-order chi connectivity index (χ0) is 16.2. The molecule has 1 aromatic carbocycles. The number of hydrogen-bond acceptors (Lipinski definition) is 3. The third-order valence-corrected chi connectivity index (χ3v) is 3.76. The summed E-state index contributed by atoms with van der Waals surface area (Å²) in [5.41, 5.74) is 2.55. The number of aromatic nitrogens is 4. The monoisotopic (exact) mass is 309 g/mol. The van der Waals surface area contributed by atoms with Crippen LogP contribution in [-0.2, 0) is 13.1 Å². The van der Waals surface area contributed by atoms with E-state index in [1.54, 1.807) is 18.3 Å². The normalized spacial score (nSPS) is 10.7. The fraction of sp³-hybridized carbons (Fsp3) is 0.235. The number of carbonyl (C=O) groups is 1. The van der Waals surface area contributed by atoms with Gasteiger partial charge in [0.15, 0.2) is 5.82 Å². The molecule has 6 nitrogen and oxygen atoms in total. The SMILES string of the molecule is CCn1cnnc1CN(C)C(=O)c1ccc(-c2ccccc2)[nH]1. The molecule has 23 heavy (non-hydrogen) atoms. The highest BCUT2D eigenvalue weighted by molar-refractivity contribution is 5.93. The van der Waals surface area contributed by atoms with Crippen molar-refractivity contribution in [3.05, 3.63) is 60.3 Å². The number of rotatable bonds is 5. The van der Waals surface area contributed by atoms with Gasteiger partial charge in [-0.3, -0.25) is 4.79 Å². The van der Waals surface area contributed by atoms with Crippen LogP contribution in [0, 0.1) is 0 Å². The Balaban J connectivity index is 1.74. The first-order chi connectivity index (χ1) is 11.2. The van der Waals surface area contributed by atoms with Gasteiger partial charge in [-0.05, 0) is 24.6 Å². The largest absolute Gasteiger partial charge is 0.351 e. The number of nitrogens with one attached hydrogen (secondary N) is 1. The molecule has 2 heterocycles. The number of H-pyrrole nitrogens is 1. The van der Waals surface area contributed by atoms with Gasteiger partial charge in [0.1, 0.15) is 12.0 Å². The molecule has 1 amide bonds. The molecule has 3 aromatic rings. The van der Waals surface area contributed by atoms with Crippen LogP contribution in [0.3, 0.4) is 0 Å². The average Bonchev–Trinajstić information content (AvgIpc) is 3.24. The van der Waals surface area contributed by atoms with E-state index in [1.165, 1.54) is 0 Å². The highest BCUT2D eigenvalue weighted by atomic mass is 16.2. The summed E-state index contributed by atoms with van der Waals surface area (Å²) in [6.07, 6.45) is 1.68. The molecule has 0 bridgehead atoms. The summed E-state index contributed by atoms with van der Waals surface area (Å²) in [6, 6.07) is 13.7. The Morgan fingerprint density at radius 1 is 1.22 bits per heavy atom. The zero-order valence-corrected chi connectivity index (χ0v) is 13.2. The van der Waals surface area contributed by atoms with Gasteiger partial charge in [0.2, 0.25) is 0 Å². The maximum atomic E-state index is 12.6. The predicted octanol–water partition coefficient (Wildman–Crippen LogP) is 2.57. The molecule has 0 aliphatic heterocycles. The van der Waals surface area contributed by atoms with Crippen molar-refractivity contribution in [1.82, 2.24) is 24.6 Å². The lowest BCUT2D eigenvalue weighted by Crippen LogP contribution is -2.28. The number of benzene rings is 1. The third kappa shape index (κ3) is 3.15. The number of carbonyl (C=O) groups excluding carboxylic acids is 1. The first kappa shape index (κ1) is 15.0. The standard InChI is InChI=1S/C17H19N5O/c1-3-22-12-18-20-16(22)11-21(2)17(23)15-10-9-14(19-15)13-7-5-4-6-8-13/h4-10,12,19H,3,11H2,1-2H3. The summed E-state index contributed by atoms with van der Waals surface area (Å²) in [5.74, 6) is 0.705. The summed E-state index contributed by atoms with van der Waals surface area (Å²) < 4.78 is 1.92. The maximum absolute atomic E-state index is 12.6. The Labute approximate surface area is 134 Å². The highest BCUT2D eigenvalue weighted by Crippen LogP contribution is 2.18. The molecular weight excluding hydrogens is 290 g/mol. The van der Waals surface area contributed by atoms with Crippen LogP contribution in [0.25, 0.3) is 11.3 Å². The van der Waals surface area contributed by atoms with E-state index >= 15 is 0 Å². The fourth-order valence-corrected chi connectivity index (χ4v) is 2.46. The molecule has 118 valence electrons. The average molecular weight is 309 g/mol. The van der Waals surface area contributed by atoms with E-state index in [2.05, 4.69) is 15.2 Å². The molecule has 0 radical (unpaired) electrons. The van der Waals surface area contributed by atoms with Crippen molar-refractivity contribution in [2.24, 2.45) is 0 Å². The minimum absolute atomic E-state index is 0.0714. The fourth-order valence-electron chi connectivity index (χ4n) is 2.46. The molecule has 0 unspecified atom stereocenters. The first-order valence-electron chi connectivity index (χ1n) is 7.55. The Bertz CT molecular complexity index is 790. The van der Waals surface area contributed by atoms with Crippen molar-refractivity contribution in [3.8, 4) is 11.3 Å². The Morgan fingerprint density at radius 2 is 2.00 bits per heavy atom. The summed E-state index contributed by atoms with van der Waals surface area (Å²) >= 11 is 0. The van der Waals surface area contributed by atoms with Crippen LogP contribution in [0.1, 0.15) is 23.2 Å². The van der Waals surface area contributed by atoms with Gasteiger partial charge in [-0.1, -0.05) is 30.3 Å². The molecule has 1 N–H and O–H groups in total. The topological polar surface area (TPSA) is 66.8 Å². The van der Waals surface area contributed by atoms with E-state index < -0.39 is 0 Å². The second-order valence-corrected chi connectivity index (χ2v) is 5.35. The van der Waals surface area contributed by atoms with Crippen LogP contribution in [0.15, 0.2) is 48.8 Å². The van der Waals surface area contributed by atoms with Gasteiger partial charge in [-0.25, -0.2) is 0 Å². The number of aryl methyl sites for hydroxylation is 1. The number of hydrogen-bond donors (Lipinski definition) is 1. The molecule has 3 rings (SSSR count). The first-order valence-corrected chi connectivity index (χ1v) is 7.55. The van der Waals surface area contributed by atoms with Gasteiger partial charge < -0.3 is 14.5 Å². The molecule has 0 saturated carbocycles. The summed E-state index contributed by atoms with van der Waals surface area (Å²) in [4.78, 5) is 17.4. The number of amides is 1. The molecule has 2 aromatic heterocycles. The minimum Gasteiger partial charge on any atom is -0.351 e. The lowest BCUT2D eigenvalue weighted by molar-refractivity contribution is 0.0775. The van der Waals surface area contributed by atoms with Crippen LogP contribution in [0.5, 0.6) is 0 Å². The summed E-state index contributed by atoms with van der Waals surface area (Å²) in [7, 11) is 1.76. The van der Waals surface area contributed by atoms with Crippen molar-refractivity contribution < 1.29 is 4.79 Å². The predicted molar refractivity (Wildman–Crippen MR) is 87.7 cm³/mol. The van der Waals surface area contributed by atoms with E-state index in [0.717, 1.165) is 23.6 Å². The van der Waals surface area contributed by atoms with E-state index in [4.69, 9.17) is 0 Å². The molecule has 0 fully saturated rings. The van der Waals surface area contributed by atoms with E-state index in [0.29, 0.717) is 12.2 Å². The van der Waals surface area contributed by atoms with E-state index in [1.807, 2.05) is 54.0 Å². The lowest BCUT2D eigenvalue weighted by atomic mass is 10.2. The van der Waals surface area contributed by atoms with Gasteiger partial charge in [-0.2, -0.15) is 0 Å². The molecule has 0 saturated heterocycles. The van der Waals surface area contributed by atoms with Gasteiger partial charge in [-0.15, -0.1) is 10.2 Å². The second-order valence-electron chi connectivity index (χ2n) is 5.35. The quantitative estimate of drug-likeness (QED) is 0.787.